The summed E-state index contributed by atoms with van der Waals surface area (Å²) in [6.07, 6.45) is 1.96. The van der Waals surface area contributed by atoms with E-state index in [1.54, 1.807) is 25.2 Å². The van der Waals surface area contributed by atoms with Crippen molar-refractivity contribution in [2.75, 3.05) is 31.6 Å². The zero-order valence-corrected chi connectivity index (χ0v) is 20.5. The van der Waals surface area contributed by atoms with E-state index < -0.39 is 29.7 Å². The fourth-order valence-electron chi connectivity index (χ4n) is 5.14. The normalized spacial score (nSPS) is 20.1. The van der Waals surface area contributed by atoms with E-state index in [1.165, 1.54) is 0 Å². The van der Waals surface area contributed by atoms with E-state index in [1.807, 2.05) is 24.3 Å². The van der Waals surface area contributed by atoms with Crippen molar-refractivity contribution < 1.29 is 28.7 Å². The molecule has 1 atom stereocenters. The smallest absolute Gasteiger partial charge is 0.266 e. The summed E-state index contributed by atoms with van der Waals surface area (Å²) in [6, 6.07) is 11.4. The first kappa shape index (κ1) is 24.5. The minimum absolute atomic E-state index is 0.0735. The monoisotopic (exact) mass is 504 g/mol. The minimum atomic E-state index is -1.01. The summed E-state index contributed by atoms with van der Waals surface area (Å²) in [5.41, 5.74) is 2.06. The number of amides is 5. The van der Waals surface area contributed by atoms with Crippen molar-refractivity contribution in [2.24, 2.45) is 5.92 Å². The van der Waals surface area contributed by atoms with E-state index in [9.17, 15) is 24.0 Å². The van der Waals surface area contributed by atoms with Crippen molar-refractivity contribution in [3.8, 4) is 5.75 Å². The van der Waals surface area contributed by atoms with Crippen LogP contribution in [0.15, 0.2) is 42.5 Å². The van der Waals surface area contributed by atoms with Crippen LogP contribution >= 0.6 is 0 Å². The molecule has 2 aromatic rings. The Bertz CT molecular complexity index is 1270. The van der Waals surface area contributed by atoms with Crippen molar-refractivity contribution in [2.45, 2.75) is 31.7 Å². The molecule has 3 aliphatic rings. The Balaban J connectivity index is 1.21. The van der Waals surface area contributed by atoms with Gasteiger partial charge in [-0.05, 0) is 61.6 Å². The summed E-state index contributed by atoms with van der Waals surface area (Å²) in [5, 5.41) is 4.82. The van der Waals surface area contributed by atoms with Gasteiger partial charge in [-0.1, -0.05) is 6.07 Å². The van der Waals surface area contributed by atoms with Crippen LogP contribution in [0.2, 0.25) is 0 Å². The number of rotatable bonds is 6. The number of hydrogen-bond acceptors (Lipinski definition) is 7. The van der Waals surface area contributed by atoms with E-state index >= 15 is 0 Å². The van der Waals surface area contributed by atoms with Gasteiger partial charge in [0.05, 0.1) is 17.7 Å². The van der Waals surface area contributed by atoms with Gasteiger partial charge >= 0.3 is 0 Å². The maximum absolute atomic E-state index is 13.2. The van der Waals surface area contributed by atoms with Gasteiger partial charge in [0.2, 0.25) is 11.8 Å². The standard InChI is InChI=1S/C27H28N4O6/c1-28-24(33)17-5-7-18(8-6-17)30-13-11-16(12-14-30)15-37-21-4-2-3-19-23(21)27(36)31(26(19)35)20-9-10-22(32)29-25(20)34/h2-8,16,20H,9-15H2,1H3,(H,28,33)(H,29,32,34). The first-order valence-electron chi connectivity index (χ1n) is 12.4. The molecule has 5 amide bonds. The van der Waals surface area contributed by atoms with Gasteiger partial charge in [-0.2, -0.15) is 0 Å². The van der Waals surface area contributed by atoms with Gasteiger partial charge in [-0.25, -0.2) is 0 Å². The van der Waals surface area contributed by atoms with Crippen molar-refractivity contribution in [1.82, 2.24) is 15.5 Å². The predicted molar refractivity (Wildman–Crippen MR) is 133 cm³/mol. The molecule has 10 heteroatoms. The summed E-state index contributed by atoms with van der Waals surface area (Å²) in [7, 11) is 1.61. The molecule has 37 heavy (non-hydrogen) atoms. The number of nitrogens with zero attached hydrogens (tertiary/aromatic N) is 2. The summed E-state index contributed by atoms with van der Waals surface area (Å²) >= 11 is 0. The fourth-order valence-corrected chi connectivity index (χ4v) is 5.14. The van der Waals surface area contributed by atoms with Gasteiger partial charge < -0.3 is 15.0 Å². The molecule has 2 fully saturated rings. The van der Waals surface area contributed by atoms with Crippen LogP contribution < -0.4 is 20.3 Å². The highest BCUT2D eigenvalue weighted by molar-refractivity contribution is 6.24. The zero-order chi connectivity index (χ0) is 26.1. The number of anilines is 1. The molecular formula is C27H28N4O6. The Morgan fingerprint density at radius 3 is 2.41 bits per heavy atom. The summed E-state index contributed by atoms with van der Waals surface area (Å²) in [5.74, 6) is -1.67. The topological polar surface area (TPSA) is 125 Å². The number of carbonyl (C=O) groups is 5. The van der Waals surface area contributed by atoms with E-state index in [0.717, 1.165) is 36.5 Å². The van der Waals surface area contributed by atoms with Crippen LogP contribution in [0.3, 0.4) is 0 Å². The van der Waals surface area contributed by atoms with Gasteiger partial charge in [0.25, 0.3) is 17.7 Å². The molecule has 1 unspecified atom stereocenters. The van der Waals surface area contributed by atoms with Gasteiger partial charge in [0.15, 0.2) is 0 Å². The van der Waals surface area contributed by atoms with E-state index in [2.05, 4.69) is 15.5 Å². The molecule has 10 nitrogen and oxygen atoms in total. The Kier molecular flexibility index (Phi) is 6.64. The summed E-state index contributed by atoms with van der Waals surface area (Å²) in [6.45, 7) is 2.07. The van der Waals surface area contributed by atoms with Gasteiger partial charge in [-0.3, -0.25) is 34.2 Å². The lowest BCUT2D eigenvalue weighted by atomic mass is 9.97. The molecule has 2 aromatic carbocycles. The maximum atomic E-state index is 13.2. The van der Waals surface area contributed by atoms with E-state index in [4.69, 9.17) is 4.74 Å². The third-order valence-electron chi connectivity index (χ3n) is 7.24. The number of hydrogen-bond donors (Lipinski definition) is 2. The molecule has 3 heterocycles. The third kappa shape index (κ3) is 4.66. The first-order chi connectivity index (χ1) is 17.9. The number of nitrogens with one attached hydrogen (secondary N) is 2. The third-order valence-corrected chi connectivity index (χ3v) is 7.24. The highest BCUT2D eigenvalue weighted by atomic mass is 16.5. The molecule has 0 saturated carbocycles. The fraction of sp³-hybridized carbons (Fsp3) is 0.370. The minimum Gasteiger partial charge on any atom is -0.492 e. The number of piperidine rings is 2. The molecule has 5 rings (SSSR count). The van der Waals surface area contributed by atoms with Gasteiger partial charge in [0, 0.05) is 37.8 Å². The average Bonchev–Trinajstić information content (AvgIpc) is 3.17. The van der Waals surface area contributed by atoms with E-state index in [0.29, 0.717) is 17.9 Å². The van der Waals surface area contributed by atoms with Crippen molar-refractivity contribution in [3.05, 3.63) is 59.2 Å². The molecule has 0 aromatic heterocycles. The second kappa shape index (κ2) is 10.0. The Morgan fingerprint density at radius 2 is 1.73 bits per heavy atom. The largest absolute Gasteiger partial charge is 0.492 e. The average molecular weight is 505 g/mol. The molecule has 2 saturated heterocycles. The van der Waals surface area contributed by atoms with Gasteiger partial charge in [0.1, 0.15) is 11.8 Å². The first-order valence-corrected chi connectivity index (χ1v) is 12.4. The molecule has 2 N–H and O–H groups in total. The molecule has 0 spiro atoms. The van der Waals surface area contributed by atoms with Crippen molar-refractivity contribution >= 4 is 35.2 Å². The highest BCUT2D eigenvalue weighted by Gasteiger charge is 2.46. The quantitative estimate of drug-likeness (QED) is 0.574. The molecule has 0 aliphatic carbocycles. The summed E-state index contributed by atoms with van der Waals surface area (Å²) < 4.78 is 6.06. The molecule has 3 aliphatic heterocycles. The van der Waals surface area contributed by atoms with Crippen LogP contribution in [0.5, 0.6) is 5.75 Å². The van der Waals surface area contributed by atoms with E-state index in [-0.39, 0.29) is 35.8 Å². The SMILES string of the molecule is CNC(=O)c1ccc(N2CCC(COc3cccc4c3C(=O)N(C3CCC(=O)NC3=O)C4=O)CC2)cc1. The lowest BCUT2D eigenvalue weighted by Gasteiger charge is -2.33. The lowest BCUT2D eigenvalue weighted by Crippen LogP contribution is -2.54. The second-order valence-corrected chi connectivity index (χ2v) is 9.49. The second-order valence-electron chi connectivity index (χ2n) is 9.49. The van der Waals surface area contributed by atoms with Crippen LogP contribution in [-0.4, -0.2) is 67.2 Å². The molecule has 0 radical (unpaired) electrons. The predicted octanol–water partition coefficient (Wildman–Crippen LogP) is 1.74. The van der Waals surface area contributed by atoms with Crippen molar-refractivity contribution in [3.63, 3.8) is 0 Å². The van der Waals surface area contributed by atoms with Crippen LogP contribution in [0.4, 0.5) is 5.69 Å². The van der Waals surface area contributed by atoms with Crippen molar-refractivity contribution in [1.29, 1.82) is 0 Å². The Hall–Kier alpha value is -4.21. The van der Waals surface area contributed by atoms with Gasteiger partial charge in [-0.15, -0.1) is 0 Å². The number of fused-ring (bicyclic) bond motifs is 1. The number of benzene rings is 2. The maximum Gasteiger partial charge on any atom is 0.266 e. The number of imide groups is 2. The molecule has 0 bridgehead atoms. The van der Waals surface area contributed by atoms with Crippen LogP contribution in [0.25, 0.3) is 0 Å². The molecule has 192 valence electrons. The summed E-state index contributed by atoms with van der Waals surface area (Å²) in [4.78, 5) is 65.0. The Labute approximate surface area is 213 Å². The van der Waals surface area contributed by atoms with Crippen LogP contribution in [0, 0.1) is 5.92 Å². The highest BCUT2D eigenvalue weighted by Crippen LogP contribution is 2.34. The molecular weight excluding hydrogens is 476 g/mol. The zero-order valence-electron chi connectivity index (χ0n) is 20.5. The Morgan fingerprint density at radius 1 is 1.00 bits per heavy atom. The van der Waals surface area contributed by atoms with Crippen LogP contribution in [0.1, 0.15) is 56.8 Å². The lowest BCUT2D eigenvalue weighted by molar-refractivity contribution is -0.136. The number of ether oxygens (including phenoxy) is 1. The number of carbonyl (C=O) groups excluding carboxylic acids is 5. The van der Waals surface area contributed by atoms with Crippen LogP contribution in [-0.2, 0) is 9.59 Å².